The largest absolute Gasteiger partial charge is 0.366 e. The first kappa shape index (κ1) is 17.9. The van der Waals surface area contributed by atoms with Crippen molar-refractivity contribution in [2.45, 2.75) is 89.8 Å². The second-order valence-corrected chi connectivity index (χ2v) is 5.45. The number of aliphatic hydroxyl groups is 2. The highest BCUT2D eigenvalue weighted by Gasteiger charge is 2.20. The molecule has 0 aliphatic heterocycles. The molecule has 0 aromatic heterocycles. The summed E-state index contributed by atoms with van der Waals surface area (Å²) >= 11 is 0. The normalized spacial score (nSPS) is 12.0. The van der Waals surface area contributed by atoms with Crippen LogP contribution in [0.5, 0.6) is 0 Å². The summed E-state index contributed by atoms with van der Waals surface area (Å²) in [5.41, 5.74) is 5.31. The van der Waals surface area contributed by atoms with Crippen molar-refractivity contribution in [2.75, 3.05) is 6.54 Å². The second kappa shape index (κ2) is 11.9. The van der Waals surface area contributed by atoms with Crippen molar-refractivity contribution in [1.29, 1.82) is 0 Å². The van der Waals surface area contributed by atoms with E-state index in [2.05, 4.69) is 6.92 Å². The van der Waals surface area contributed by atoms with Crippen LogP contribution >= 0.6 is 0 Å². The zero-order valence-corrected chi connectivity index (χ0v) is 12.2. The van der Waals surface area contributed by atoms with E-state index < -0.39 is 5.79 Å². The fourth-order valence-corrected chi connectivity index (χ4v) is 2.25. The van der Waals surface area contributed by atoms with Crippen molar-refractivity contribution in [3.8, 4) is 0 Å². The van der Waals surface area contributed by atoms with Crippen LogP contribution in [0.15, 0.2) is 0 Å². The third kappa shape index (κ3) is 12.3. The van der Waals surface area contributed by atoms with Crippen LogP contribution in [-0.2, 0) is 0 Å². The minimum atomic E-state index is -1.53. The summed E-state index contributed by atoms with van der Waals surface area (Å²) in [6, 6.07) is 0. The van der Waals surface area contributed by atoms with Gasteiger partial charge in [-0.3, -0.25) is 0 Å². The van der Waals surface area contributed by atoms with Gasteiger partial charge in [-0.25, -0.2) is 0 Å². The quantitative estimate of drug-likeness (QED) is 0.351. The van der Waals surface area contributed by atoms with Gasteiger partial charge in [0.1, 0.15) is 0 Å². The van der Waals surface area contributed by atoms with Crippen LogP contribution in [-0.4, -0.2) is 22.5 Å². The predicted molar refractivity (Wildman–Crippen MR) is 77.3 cm³/mol. The van der Waals surface area contributed by atoms with Crippen molar-refractivity contribution in [3.63, 3.8) is 0 Å². The predicted octanol–water partition coefficient (Wildman–Crippen LogP) is 3.33. The minimum absolute atomic E-state index is 0.282. The van der Waals surface area contributed by atoms with Gasteiger partial charge >= 0.3 is 0 Å². The van der Waals surface area contributed by atoms with Crippen LogP contribution in [0, 0.1) is 0 Å². The Bertz CT molecular complexity index is 172. The molecule has 0 aromatic carbocycles. The molecule has 3 heteroatoms. The van der Waals surface area contributed by atoms with E-state index in [4.69, 9.17) is 5.73 Å². The van der Waals surface area contributed by atoms with Gasteiger partial charge in [-0.05, 0) is 13.0 Å². The molecule has 0 aliphatic rings. The molecule has 0 bridgehead atoms. The van der Waals surface area contributed by atoms with E-state index in [-0.39, 0.29) is 6.42 Å². The van der Waals surface area contributed by atoms with E-state index in [9.17, 15) is 10.2 Å². The molecule has 18 heavy (non-hydrogen) atoms. The Morgan fingerprint density at radius 2 is 1.17 bits per heavy atom. The maximum Gasteiger partial charge on any atom is 0.163 e. The summed E-state index contributed by atoms with van der Waals surface area (Å²) in [6.07, 6.45) is 13.4. The molecule has 0 fully saturated rings. The van der Waals surface area contributed by atoms with Gasteiger partial charge in [-0.15, -0.1) is 0 Å². The van der Waals surface area contributed by atoms with Gasteiger partial charge in [0.2, 0.25) is 0 Å². The fraction of sp³-hybridized carbons (Fsp3) is 1.00. The molecule has 0 saturated heterocycles. The Morgan fingerprint density at radius 1 is 0.722 bits per heavy atom. The summed E-state index contributed by atoms with van der Waals surface area (Å²) in [6.45, 7) is 2.58. The Kier molecular flexibility index (Phi) is 11.9. The average molecular weight is 259 g/mol. The Balaban J connectivity index is 3.16. The Hall–Kier alpha value is -0.120. The molecule has 0 saturated carbocycles. The maximum atomic E-state index is 9.51. The number of nitrogens with two attached hydrogens (primary N) is 1. The molecule has 0 rings (SSSR count). The number of hydrogen-bond acceptors (Lipinski definition) is 3. The van der Waals surface area contributed by atoms with Gasteiger partial charge in [0.25, 0.3) is 0 Å². The van der Waals surface area contributed by atoms with Crippen molar-refractivity contribution in [1.82, 2.24) is 0 Å². The Morgan fingerprint density at radius 3 is 1.61 bits per heavy atom. The fourth-order valence-electron chi connectivity index (χ4n) is 2.25. The Labute approximate surface area is 113 Å². The summed E-state index contributed by atoms with van der Waals surface area (Å²) in [7, 11) is 0. The molecule has 0 radical (unpaired) electrons. The van der Waals surface area contributed by atoms with Crippen molar-refractivity contribution >= 4 is 0 Å². The maximum absolute atomic E-state index is 9.51. The smallest absolute Gasteiger partial charge is 0.163 e. The lowest BCUT2D eigenvalue weighted by atomic mass is 10.0. The molecule has 0 aromatic rings. The van der Waals surface area contributed by atoms with Crippen LogP contribution in [0.25, 0.3) is 0 Å². The zero-order chi connectivity index (χ0) is 13.7. The highest BCUT2D eigenvalue weighted by Crippen LogP contribution is 2.17. The van der Waals surface area contributed by atoms with Gasteiger partial charge in [-0.2, -0.15) is 0 Å². The van der Waals surface area contributed by atoms with Gasteiger partial charge in [-0.1, -0.05) is 64.7 Å². The first-order valence-electron chi connectivity index (χ1n) is 7.77. The van der Waals surface area contributed by atoms with Crippen LogP contribution in [0.3, 0.4) is 0 Å². The highest BCUT2D eigenvalue weighted by atomic mass is 16.5. The summed E-state index contributed by atoms with van der Waals surface area (Å²) in [4.78, 5) is 0. The van der Waals surface area contributed by atoms with E-state index in [1.54, 1.807) is 0 Å². The van der Waals surface area contributed by atoms with Crippen molar-refractivity contribution < 1.29 is 10.2 Å². The van der Waals surface area contributed by atoms with E-state index in [0.717, 1.165) is 12.8 Å². The van der Waals surface area contributed by atoms with E-state index in [1.807, 2.05) is 0 Å². The van der Waals surface area contributed by atoms with Gasteiger partial charge in [0, 0.05) is 12.8 Å². The molecule has 3 nitrogen and oxygen atoms in total. The third-order valence-electron chi connectivity index (χ3n) is 3.48. The molecule has 0 unspecified atom stereocenters. The highest BCUT2D eigenvalue weighted by molar-refractivity contribution is 4.64. The number of unbranched alkanes of at least 4 members (excludes halogenated alkanes) is 9. The van der Waals surface area contributed by atoms with E-state index >= 15 is 0 Å². The lowest BCUT2D eigenvalue weighted by Gasteiger charge is -2.20. The lowest BCUT2D eigenvalue weighted by molar-refractivity contribution is -0.169. The average Bonchev–Trinajstić information content (AvgIpc) is 2.31. The SMILES string of the molecule is CCCCCCCCCCCCC(O)(O)CCN. The number of hydrogen-bond donors (Lipinski definition) is 3. The molecule has 110 valence electrons. The molecular formula is C15H33NO2. The molecule has 0 spiro atoms. The monoisotopic (exact) mass is 259 g/mol. The zero-order valence-electron chi connectivity index (χ0n) is 12.2. The molecular weight excluding hydrogens is 226 g/mol. The van der Waals surface area contributed by atoms with Crippen LogP contribution in [0.4, 0.5) is 0 Å². The molecule has 0 atom stereocenters. The van der Waals surface area contributed by atoms with Gasteiger partial charge < -0.3 is 15.9 Å². The molecule has 0 amide bonds. The topological polar surface area (TPSA) is 66.5 Å². The van der Waals surface area contributed by atoms with Crippen LogP contribution in [0.1, 0.15) is 84.0 Å². The second-order valence-electron chi connectivity index (χ2n) is 5.45. The summed E-state index contributed by atoms with van der Waals surface area (Å²) in [5.74, 6) is -1.53. The molecule has 0 heterocycles. The summed E-state index contributed by atoms with van der Waals surface area (Å²) < 4.78 is 0. The standard InChI is InChI=1S/C15H33NO2/c1-2-3-4-5-6-7-8-9-10-11-12-15(17,18)13-14-16/h17-18H,2-14,16H2,1H3. The van der Waals surface area contributed by atoms with Crippen molar-refractivity contribution in [3.05, 3.63) is 0 Å². The third-order valence-corrected chi connectivity index (χ3v) is 3.48. The molecule has 0 aliphatic carbocycles. The van der Waals surface area contributed by atoms with Crippen LogP contribution in [0.2, 0.25) is 0 Å². The van der Waals surface area contributed by atoms with Crippen LogP contribution < -0.4 is 5.73 Å². The van der Waals surface area contributed by atoms with E-state index in [0.29, 0.717) is 13.0 Å². The minimum Gasteiger partial charge on any atom is -0.366 e. The lowest BCUT2D eigenvalue weighted by Crippen LogP contribution is -2.30. The van der Waals surface area contributed by atoms with E-state index in [1.165, 1.54) is 51.4 Å². The first-order chi connectivity index (χ1) is 8.62. The van der Waals surface area contributed by atoms with Gasteiger partial charge in [0.15, 0.2) is 5.79 Å². The molecule has 4 N–H and O–H groups in total. The van der Waals surface area contributed by atoms with Gasteiger partial charge in [0.05, 0.1) is 0 Å². The van der Waals surface area contributed by atoms with Crippen molar-refractivity contribution in [2.24, 2.45) is 5.73 Å². The first-order valence-corrected chi connectivity index (χ1v) is 7.77. The summed E-state index contributed by atoms with van der Waals surface area (Å²) in [5, 5.41) is 19.0. The number of rotatable bonds is 13.